The summed E-state index contributed by atoms with van der Waals surface area (Å²) in [5, 5.41) is 7.11. The largest absolute Gasteiger partial charge is 0.340 e. The molecule has 0 unspecified atom stereocenters. The summed E-state index contributed by atoms with van der Waals surface area (Å²) in [7, 11) is 1.94. The van der Waals surface area contributed by atoms with E-state index in [0.29, 0.717) is 11.7 Å². The highest BCUT2D eigenvalue weighted by molar-refractivity contribution is 5.46. The summed E-state index contributed by atoms with van der Waals surface area (Å²) in [5.41, 5.74) is 0.829. The van der Waals surface area contributed by atoms with Gasteiger partial charge in [0.2, 0.25) is 5.82 Å². The Kier molecular flexibility index (Phi) is 1.47. The van der Waals surface area contributed by atoms with Crippen LogP contribution in [0.15, 0.2) is 12.5 Å². The third-order valence-corrected chi connectivity index (χ3v) is 2.40. The SMILES string of the molecule is Cn1cnc(-c2n[nH]c(C3CC3)n2)c1. The third kappa shape index (κ3) is 1.21. The Balaban J connectivity index is 1.95. The second-order valence-corrected chi connectivity index (χ2v) is 3.74. The lowest BCUT2D eigenvalue weighted by Gasteiger charge is -1.85. The Morgan fingerprint density at radius 3 is 3.00 bits per heavy atom. The summed E-state index contributed by atoms with van der Waals surface area (Å²) < 4.78 is 1.89. The minimum atomic E-state index is 0.611. The van der Waals surface area contributed by atoms with Crippen LogP contribution in [0.5, 0.6) is 0 Å². The molecule has 1 fully saturated rings. The summed E-state index contributed by atoms with van der Waals surface area (Å²) in [5.74, 6) is 2.32. The van der Waals surface area contributed by atoms with Gasteiger partial charge in [0.05, 0.1) is 6.33 Å². The van der Waals surface area contributed by atoms with Crippen LogP contribution in [0.2, 0.25) is 0 Å². The highest BCUT2D eigenvalue weighted by Crippen LogP contribution is 2.38. The van der Waals surface area contributed by atoms with Crippen molar-refractivity contribution in [1.29, 1.82) is 0 Å². The van der Waals surface area contributed by atoms with Crippen molar-refractivity contribution in [2.24, 2.45) is 7.05 Å². The van der Waals surface area contributed by atoms with Gasteiger partial charge < -0.3 is 4.57 Å². The summed E-state index contributed by atoms with van der Waals surface area (Å²) in [6, 6.07) is 0. The van der Waals surface area contributed by atoms with E-state index in [2.05, 4.69) is 20.2 Å². The predicted octanol–water partition coefficient (Wildman–Crippen LogP) is 1.08. The average Bonchev–Trinajstić information content (AvgIpc) is 2.76. The zero-order valence-corrected chi connectivity index (χ0v) is 7.94. The number of nitrogens with one attached hydrogen (secondary N) is 1. The van der Waals surface area contributed by atoms with Gasteiger partial charge in [-0.1, -0.05) is 0 Å². The van der Waals surface area contributed by atoms with Crippen molar-refractivity contribution >= 4 is 0 Å². The summed E-state index contributed by atoms with van der Waals surface area (Å²) in [6.07, 6.45) is 6.13. The van der Waals surface area contributed by atoms with Crippen LogP contribution in [0, 0.1) is 0 Å². The number of nitrogens with zero attached hydrogens (tertiary/aromatic N) is 4. The summed E-state index contributed by atoms with van der Waals surface area (Å²) >= 11 is 0. The van der Waals surface area contributed by atoms with Crippen LogP contribution in [0.1, 0.15) is 24.6 Å². The Morgan fingerprint density at radius 1 is 1.50 bits per heavy atom. The number of aryl methyl sites for hydroxylation is 1. The van der Waals surface area contributed by atoms with E-state index in [9.17, 15) is 0 Å². The Labute approximate surface area is 81.2 Å². The standard InChI is InChI=1S/C9H11N5/c1-14-4-7(10-5-14)9-11-8(12-13-9)6-2-3-6/h4-6H,2-3H2,1H3,(H,11,12,13). The van der Waals surface area contributed by atoms with Gasteiger partial charge in [-0.2, -0.15) is 5.10 Å². The zero-order valence-electron chi connectivity index (χ0n) is 7.94. The lowest BCUT2D eigenvalue weighted by molar-refractivity contribution is 0.913. The maximum Gasteiger partial charge on any atom is 0.201 e. The molecule has 0 atom stereocenters. The molecular weight excluding hydrogens is 178 g/mol. The summed E-state index contributed by atoms with van der Waals surface area (Å²) in [4.78, 5) is 8.61. The highest BCUT2D eigenvalue weighted by Gasteiger charge is 2.27. The Bertz CT molecular complexity index is 451. The first-order chi connectivity index (χ1) is 6.83. The first-order valence-electron chi connectivity index (χ1n) is 4.73. The number of rotatable bonds is 2. The van der Waals surface area contributed by atoms with Gasteiger partial charge in [0.1, 0.15) is 11.5 Å². The number of aromatic amines is 1. The van der Waals surface area contributed by atoms with Gasteiger partial charge in [-0.25, -0.2) is 9.97 Å². The molecule has 72 valence electrons. The van der Waals surface area contributed by atoms with E-state index in [-0.39, 0.29) is 0 Å². The Hall–Kier alpha value is -1.65. The number of hydrogen-bond acceptors (Lipinski definition) is 3. The number of aromatic nitrogens is 5. The predicted molar refractivity (Wildman–Crippen MR) is 50.6 cm³/mol. The van der Waals surface area contributed by atoms with E-state index >= 15 is 0 Å². The van der Waals surface area contributed by atoms with Gasteiger partial charge in [-0.3, -0.25) is 5.10 Å². The molecular formula is C9H11N5. The van der Waals surface area contributed by atoms with Crippen LogP contribution in [0.3, 0.4) is 0 Å². The highest BCUT2D eigenvalue weighted by atomic mass is 15.2. The van der Waals surface area contributed by atoms with Crippen molar-refractivity contribution < 1.29 is 0 Å². The molecule has 1 N–H and O–H groups in total. The van der Waals surface area contributed by atoms with Crippen LogP contribution >= 0.6 is 0 Å². The van der Waals surface area contributed by atoms with Gasteiger partial charge in [0.15, 0.2) is 0 Å². The molecule has 3 rings (SSSR count). The molecule has 2 heterocycles. The minimum Gasteiger partial charge on any atom is -0.340 e. The van der Waals surface area contributed by atoms with Crippen molar-refractivity contribution in [2.45, 2.75) is 18.8 Å². The first kappa shape index (κ1) is 7.73. The van der Waals surface area contributed by atoms with E-state index in [1.54, 1.807) is 6.33 Å². The smallest absolute Gasteiger partial charge is 0.201 e. The van der Waals surface area contributed by atoms with Crippen molar-refractivity contribution in [3.8, 4) is 11.5 Å². The second kappa shape index (κ2) is 2.67. The normalized spacial score (nSPS) is 16.1. The molecule has 0 radical (unpaired) electrons. The van der Waals surface area contributed by atoms with Gasteiger partial charge in [0.25, 0.3) is 0 Å². The fraction of sp³-hybridized carbons (Fsp3) is 0.444. The maximum atomic E-state index is 4.41. The molecule has 1 aliphatic rings. The molecule has 5 heteroatoms. The molecule has 0 aliphatic heterocycles. The van der Waals surface area contributed by atoms with Gasteiger partial charge in [-0.15, -0.1) is 0 Å². The molecule has 2 aromatic heterocycles. The van der Waals surface area contributed by atoms with Crippen LogP contribution in [-0.4, -0.2) is 24.7 Å². The average molecular weight is 189 g/mol. The zero-order chi connectivity index (χ0) is 9.54. The monoisotopic (exact) mass is 189 g/mol. The molecule has 1 aliphatic carbocycles. The quantitative estimate of drug-likeness (QED) is 0.769. The van der Waals surface area contributed by atoms with Crippen molar-refractivity contribution in [3.05, 3.63) is 18.3 Å². The molecule has 1 saturated carbocycles. The van der Waals surface area contributed by atoms with Crippen LogP contribution in [-0.2, 0) is 7.05 Å². The number of H-pyrrole nitrogens is 1. The first-order valence-corrected chi connectivity index (χ1v) is 4.73. The van der Waals surface area contributed by atoms with Crippen LogP contribution < -0.4 is 0 Å². The molecule has 2 aromatic rings. The molecule has 0 bridgehead atoms. The molecule has 14 heavy (non-hydrogen) atoms. The second-order valence-electron chi connectivity index (χ2n) is 3.74. The van der Waals surface area contributed by atoms with E-state index in [0.717, 1.165) is 11.5 Å². The molecule has 5 nitrogen and oxygen atoms in total. The maximum absolute atomic E-state index is 4.41. The van der Waals surface area contributed by atoms with E-state index in [1.807, 2.05) is 17.8 Å². The minimum absolute atomic E-state index is 0.611. The third-order valence-electron chi connectivity index (χ3n) is 2.40. The van der Waals surface area contributed by atoms with Crippen molar-refractivity contribution in [2.75, 3.05) is 0 Å². The fourth-order valence-electron chi connectivity index (χ4n) is 1.46. The lowest BCUT2D eigenvalue weighted by Crippen LogP contribution is -1.82. The molecule has 0 amide bonds. The van der Waals surface area contributed by atoms with Crippen molar-refractivity contribution in [3.63, 3.8) is 0 Å². The topological polar surface area (TPSA) is 59.4 Å². The van der Waals surface area contributed by atoms with Gasteiger partial charge in [0, 0.05) is 19.2 Å². The fourth-order valence-corrected chi connectivity index (χ4v) is 1.46. The van der Waals surface area contributed by atoms with Gasteiger partial charge >= 0.3 is 0 Å². The number of imidazole rings is 1. The van der Waals surface area contributed by atoms with E-state index < -0.39 is 0 Å². The van der Waals surface area contributed by atoms with E-state index in [1.165, 1.54) is 12.8 Å². The molecule has 0 spiro atoms. The van der Waals surface area contributed by atoms with Crippen LogP contribution in [0.25, 0.3) is 11.5 Å². The van der Waals surface area contributed by atoms with E-state index in [4.69, 9.17) is 0 Å². The van der Waals surface area contributed by atoms with Crippen molar-refractivity contribution in [1.82, 2.24) is 24.7 Å². The van der Waals surface area contributed by atoms with Gasteiger partial charge in [-0.05, 0) is 12.8 Å². The van der Waals surface area contributed by atoms with Crippen LogP contribution in [0.4, 0.5) is 0 Å². The number of hydrogen-bond donors (Lipinski definition) is 1. The lowest BCUT2D eigenvalue weighted by atomic mass is 10.4. The molecule has 0 aromatic carbocycles. The summed E-state index contributed by atoms with van der Waals surface area (Å²) in [6.45, 7) is 0. The Morgan fingerprint density at radius 2 is 2.36 bits per heavy atom. The molecule has 0 saturated heterocycles.